The molecule has 19 heavy (non-hydrogen) atoms. The van der Waals surface area contributed by atoms with Gasteiger partial charge in [-0.15, -0.1) is 11.3 Å². The van der Waals surface area contributed by atoms with Crippen molar-refractivity contribution in [2.24, 2.45) is 0 Å². The Balaban J connectivity index is 1.90. The lowest BCUT2D eigenvalue weighted by Gasteiger charge is -2.06. The monoisotopic (exact) mass is 341 g/mol. The molecule has 2 aromatic rings. The largest absolute Gasteiger partial charge is 0.352 e. The van der Waals surface area contributed by atoms with E-state index in [1.165, 1.54) is 17.0 Å². The Morgan fingerprint density at radius 1 is 1.37 bits per heavy atom. The number of carbonyl (C=O) groups excluding carboxylic acids is 1. The van der Waals surface area contributed by atoms with E-state index in [0.717, 1.165) is 15.8 Å². The molecule has 1 aromatic heterocycles. The maximum absolute atomic E-state index is 13.6. The molecule has 0 aliphatic carbocycles. The molecule has 0 spiro atoms. The van der Waals surface area contributed by atoms with E-state index in [-0.39, 0.29) is 11.5 Å². The van der Waals surface area contributed by atoms with Gasteiger partial charge in [0.25, 0.3) is 5.91 Å². The first-order valence-electron chi connectivity index (χ1n) is 5.85. The minimum absolute atomic E-state index is 0.0953. The molecule has 0 atom stereocenters. The normalized spacial score (nSPS) is 10.5. The quantitative estimate of drug-likeness (QED) is 0.896. The molecule has 2 nitrogen and oxygen atoms in total. The van der Waals surface area contributed by atoms with Crippen molar-refractivity contribution in [3.8, 4) is 0 Å². The lowest BCUT2D eigenvalue weighted by atomic mass is 10.1. The van der Waals surface area contributed by atoms with Crippen molar-refractivity contribution in [3.63, 3.8) is 0 Å². The molecule has 1 N–H and O–H groups in total. The molecule has 1 amide bonds. The summed E-state index contributed by atoms with van der Waals surface area (Å²) in [6.45, 7) is 2.29. The van der Waals surface area contributed by atoms with Crippen LogP contribution in [0.3, 0.4) is 0 Å². The summed E-state index contributed by atoms with van der Waals surface area (Å²) in [6.07, 6.45) is 0.746. The summed E-state index contributed by atoms with van der Waals surface area (Å²) in [5.41, 5.74) is 0.899. The maximum atomic E-state index is 13.6. The van der Waals surface area contributed by atoms with Crippen molar-refractivity contribution >= 4 is 33.2 Å². The van der Waals surface area contributed by atoms with Gasteiger partial charge in [-0.25, -0.2) is 4.39 Å². The Labute approximate surface area is 123 Å². The van der Waals surface area contributed by atoms with E-state index in [0.29, 0.717) is 6.54 Å². The van der Waals surface area contributed by atoms with Gasteiger partial charge in [0.15, 0.2) is 0 Å². The van der Waals surface area contributed by atoms with Crippen molar-refractivity contribution in [1.29, 1.82) is 0 Å². The minimum atomic E-state index is -0.476. The van der Waals surface area contributed by atoms with Gasteiger partial charge < -0.3 is 5.32 Å². The molecule has 2 rings (SSSR count). The van der Waals surface area contributed by atoms with E-state index in [1.807, 2.05) is 12.1 Å². The lowest BCUT2D eigenvalue weighted by Crippen LogP contribution is -2.26. The van der Waals surface area contributed by atoms with Gasteiger partial charge in [-0.2, -0.15) is 0 Å². The van der Waals surface area contributed by atoms with E-state index in [1.54, 1.807) is 24.3 Å². The average Bonchev–Trinajstić information content (AvgIpc) is 2.75. The lowest BCUT2D eigenvalue weighted by molar-refractivity contribution is 0.0950. The van der Waals surface area contributed by atoms with Gasteiger partial charge in [0.05, 0.1) is 9.35 Å². The first-order chi connectivity index (χ1) is 9.06. The summed E-state index contributed by atoms with van der Waals surface area (Å²) in [5, 5.41) is 2.73. The van der Waals surface area contributed by atoms with Gasteiger partial charge in [-0.1, -0.05) is 6.07 Å². The Morgan fingerprint density at radius 3 is 2.79 bits per heavy atom. The number of carbonyl (C=O) groups is 1. The summed E-state index contributed by atoms with van der Waals surface area (Å²) < 4.78 is 14.7. The molecule has 1 heterocycles. The molecule has 5 heteroatoms. The zero-order valence-corrected chi connectivity index (χ0v) is 12.8. The van der Waals surface area contributed by atoms with Crippen LogP contribution in [0.4, 0.5) is 4.39 Å². The third-order valence-electron chi connectivity index (χ3n) is 2.66. The van der Waals surface area contributed by atoms with E-state index >= 15 is 0 Å². The third kappa shape index (κ3) is 3.88. The molecule has 0 radical (unpaired) electrons. The van der Waals surface area contributed by atoms with Crippen LogP contribution in [0.25, 0.3) is 0 Å². The van der Waals surface area contributed by atoms with Crippen LogP contribution in [-0.2, 0) is 6.42 Å². The van der Waals surface area contributed by atoms with Crippen molar-refractivity contribution in [2.75, 3.05) is 6.54 Å². The Hall–Kier alpha value is -1.20. The van der Waals surface area contributed by atoms with Crippen molar-refractivity contribution in [2.45, 2.75) is 13.3 Å². The van der Waals surface area contributed by atoms with Crippen LogP contribution < -0.4 is 5.32 Å². The molecular formula is C14H13BrFNOS. The smallest absolute Gasteiger partial charge is 0.254 e. The van der Waals surface area contributed by atoms with Gasteiger partial charge in [0.2, 0.25) is 0 Å². The Morgan fingerprint density at radius 2 is 2.16 bits per heavy atom. The fourth-order valence-electron chi connectivity index (χ4n) is 1.68. The topological polar surface area (TPSA) is 29.1 Å². The van der Waals surface area contributed by atoms with Gasteiger partial charge in [0, 0.05) is 11.4 Å². The predicted molar refractivity (Wildman–Crippen MR) is 79.2 cm³/mol. The molecule has 0 bridgehead atoms. The molecule has 100 valence electrons. The molecule has 0 saturated heterocycles. The van der Waals surface area contributed by atoms with Crippen LogP contribution in [0.15, 0.2) is 34.1 Å². The highest BCUT2D eigenvalue weighted by molar-refractivity contribution is 9.11. The highest BCUT2D eigenvalue weighted by Gasteiger charge is 2.11. The summed E-state index contributed by atoms with van der Waals surface area (Å²) in [4.78, 5) is 13.0. The molecule has 0 fully saturated rings. The van der Waals surface area contributed by atoms with Crippen molar-refractivity contribution in [3.05, 3.63) is 55.9 Å². The Kier molecular flexibility index (Phi) is 4.71. The fourth-order valence-corrected chi connectivity index (χ4v) is 3.17. The maximum Gasteiger partial charge on any atom is 0.254 e. The van der Waals surface area contributed by atoms with Gasteiger partial charge in [-0.3, -0.25) is 4.79 Å². The van der Waals surface area contributed by atoms with E-state index in [9.17, 15) is 9.18 Å². The number of nitrogens with one attached hydrogen (secondary N) is 1. The highest BCUT2D eigenvalue weighted by Crippen LogP contribution is 2.22. The van der Waals surface area contributed by atoms with Crippen molar-refractivity contribution in [1.82, 2.24) is 5.32 Å². The standard InChI is InChI=1S/C14H13BrFNOS/c1-9-2-4-11(12(16)8-9)14(18)17-7-6-10-3-5-13(15)19-10/h2-5,8H,6-7H2,1H3,(H,17,18). The number of amides is 1. The van der Waals surface area contributed by atoms with Crippen LogP contribution >= 0.6 is 27.3 Å². The molecule has 0 saturated carbocycles. The number of thiophene rings is 1. The van der Waals surface area contributed by atoms with Crippen LogP contribution in [0.1, 0.15) is 20.8 Å². The van der Waals surface area contributed by atoms with E-state index in [4.69, 9.17) is 0 Å². The zero-order chi connectivity index (χ0) is 13.8. The van der Waals surface area contributed by atoms with Gasteiger partial charge in [0.1, 0.15) is 5.82 Å². The van der Waals surface area contributed by atoms with Gasteiger partial charge >= 0.3 is 0 Å². The zero-order valence-electron chi connectivity index (χ0n) is 10.4. The number of aryl methyl sites for hydroxylation is 1. The summed E-state index contributed by atoms with van der Waals surface area (Å²) >= 11 is 5.02. The molecule has 0 aliphatic rings. The first kappa shape index (κ1) is 14.2. The molecule has 0 aliphatic heterocycles. The van der Waals surface area contributed by atoms with Gasteiger partial charge in [-0.05, 0) is 59.1 Å². The summed E-state index contributed by atoms with van der Waals surface area (Å²) in [5.74, 6) is -0.843. The first-order valence-corrected chi connectivity index (χ1v) is 7.46. The number of halogens is 2. The Bertz CT molecular complexity index is 597. The van der Waals surface area contributed by atoms with Crippen LogP contribution in [0.5, 0.6) is 0 Å². The van der Waals surface area contributed by atoms with E-state index in [2.05, 4.69) is 21.2 Å². The number of benzene rings is 1. The van der Waals surface area contributed by atoms with Crippen molar-refractivity contribution < 1.29 is 9.18 Å². The predicted octanol–water partition coefficient (Wildman–Crippen LogP) is 3.93. The number of hydrogen-bond acceptors (Lipinski definition) is 2. The second-order valence-electron chi connectivity index (χ2n) is 4.20. The second kappa shape index (κ2) is 6.30. The van der Waals surface area contributed by atoms with Crippen LogP contribution in [0.2, 0.25) is 0 Å². The number of hydrogen-bond donors (Lipinski definition) is 1. The SMILES string of the molecule is Cc1ccc(C(=O)NCCc2ccc(Br)s2)c(F)c1. The van der Waals surface area contributed by atoms with Crippen LogP contribution in [0, 0.1) is 12.7 Å². The fraction of sp³-hybridized carbons (Fsp3) is 0.214. The minimum Gasteiger partial charge on any atom is -0.352 e. The third-order valence-corrected chi connectivity index (χ3v) is 4.34. The highest BCUT2D eigenvalue weighted by atomic mass is 79.9. The average molecular weight is 342 g/mol. The van der Waals surface area contributed by atoms with Crippen LogP contribution in [-0.4, -0.2) is 12.5 Å². The summed E-state index contributed by atoms with van der Waals surface area (Å²) in [7, 11) is 0. The molecule has 1 aromatic carbocycles. The molecular weight excluding hydrogens is 329 g/mol. The number of rotatable bonds is 4. The molecule has 0 unspecified atom stereocenters. The van der Waals surface area contributed by atoms with E-state index < -0.39 is 5.82 Å². The second-order valence-corrected chi connectivity index (χ2v) is 6.74. The summed E-state index contributed by atoms with van der Waals surface area (Å²) in [6, 6.07) is 8.59.